The maximum absolute atomic E-state index is 13.5. The summed E-state index contributed by atoms with van der Waals surface area (Å²) < 4.78 is 19.2. The Bertz CT molecular complexity index is 1330. The molecule has 2 heterocycles. The summed E-state index contributed by atoms with van der Waals surface area (Å²) in [5, 5.41) is 0. The number of carbonyl (C=O) groups is 1. The Hall–Kier alpha value is -3.74. The summed E-state index contributed by atoms with van der Waals surface area (Å²) in [6, 6.07) is 16.0. The molecule has 7 heteroatoms. The van der Waals surface area contributed by atoms with Gasteiger partial charge in [0.05, 0.1) is 18.8 Å². The number of carbonyl (C=O) groups excluding carboxylic acids is 1. The van der Waals surface area contributed by atoms with Gasteiger partial charge in [0.25, 0.3) is 0 Å². The lowest BCUT2D eigenvalue weighted by atomic mass is 9.81. The lowest BCUT2D eigenvalue weighted by Crippen LogP contribution is -2.32. The molecule has 0 amide bonds. The second-order valence-electron chi connectivity index (χ2n) is 12.2. The smallest absolute Gasteiger partial charge is 0.341 e. The monoisotopic (exact) mass is 601 g/mol. The number of hydrogen-bond acceptors (Lipinski definition) is 7. The predicted molar refractivity (Wildman–Crippen MR) is 179 cm³/mol. The van der Waals surface area contributed by atoms with E-state index in [1.165, 1.54) is 0 Å². The van der Waals surface area contributed by atoms with Crippen LogP contribution in [-0.4, -0.2) is 50.3 Å². The summed E-state index contributed by atoms with van der Waals surface area (Å²) in [6.45, 7) is 21.9. The Morgan fingerprint density at radius 1 is 0.773 bits per heavy atom. The lowest BCUT2D eigenvalue weighted by molar-refractivity contribution is 0.0228. The van der Waals surface area contributed by atoms with Gasteiger partial charge >= 0.3 is 5.97 Å². The van der Waals surface area contributed by atoms with Gasteiger partial charge in [0.1, 0.15) is 17.2 Å². The first-order valence-corrected chi connectivity index (χ1v) is 16.4. The van der Waals surface area contributed by atoms with Crippen LogP contribution in [0.2, 0.25) is 0 Å². The van der Waals surface area contributed by atoms with Crippen LogP contribution >= 0.6 is 0 Å². The highest BCUT2D eigenvalue weighted by Crippen LogP contribution is 2.52. The molecule has 0 unspecified atom stereocenters. The molecule has 44 heavy (non-hydrogen) atoms. The Labute approximate surface area is 264 Å². The van der Waals surface area contributed by atoms with Crippen LogP contribution in [0.3, 0.4) is 0 Å². The van der Waals surface area contributed by atoms with Crippen molar-refractivity contribution in [2.45, 2.75) is 73.8 Å². The number of cyclic esters (lactones) is 1. The van der Waals surface area contributed by atoms with Crippen LogP contribution in [0.5, 0.6) is 11.5 Å². The molecule has 1 aliphatic heterocycles. The van der Waals surface area contributed by atoms with E-state index in [1.54, 1.807) is 18.3 Å². The Kier molecular flexibility index (Phi) is 11.2. The van der Waals surface area contributed by atoms with E-state index in [1.807, 2.05) is 26.0 Å². The number of anilines is 2. The van der Waals surface area contributed by atoms with Crippen molar-refractivity contribution in [3.05, 3.63) is 77.1 Å². The number of ether oxygens (including phenoxy) is 3. The van der Waals surface area contributed by atoms with E-state index < -0.39 is 11.6 Å². The third kappa shape index (κ3) is 6.82. The number of rotatable bonds is 16. The molecule has 3 aromatic rings. The maximum Gasteiger partial charge on any atom is 0.341 e. The molecule has 2 aromatic carbocycles. The number of aromatic nitrogens is 1. The number of fused-ring (bicyclic) bond motifs is 1. The molecule has 0 N–H and O–H groups in total. The summed E-state index contributed by atoms with van der Waals surface area (Å²) >= 11 is 0. The van der Waals surface area contributed by atoms with Gasteiger partial charge < -0.3 is 24.0 Å². The molecular formula is C37H51N3O4. The molecule has 4 rings (SSSR count). The molecule has 7 nitrogen and oxygen atoms in total. The molecule has 1 aromatic heterocycles. The zero-order valence-corrected chi connectivity index (χ0v) is 28.0. The minimum absolute atomic E-state index is 0.412. The third-order valence-corrected chi connectivity index (χ3v) is 8.34. The minimum atomic E-state index is -1.34. The van der Waals surface area contributed by atoms with Crippen LogP contribution in [0.4, 0.5) is 11.4 Å². The summed E-state index contributed by atoms with van der Waals surface area (Å²) in [5.41, 5.74) is 3.26. The second-order valence-corrected chi connectivity index (χ2v) is 12.2. The Morgan fingerprint density at radius 3 is 1.70 bits per heavy atom. The first kappa shape index (κ1) is 33.2. The highest BCUT2D eigenvalue weighted by Gasteiger charge is 2.53. The fraction of sp³-hybridized carbons (Fsp3) is 0.514. The highest BCUT2D eigenvalue weighted by molar-refractivity contribution is 5.96. The van der Waals surface area contributed by atoms with Gasteiger partial charge in [-0.2, -0.15) is 0 Å². The zero-order valence-electron chi connectivity index (χ0n) is 28.0. The first-order valence-electron chi connectivity index (χ1n) is 16.4. The minimum Gasteiger partial charge on any atom is -0.493 e. The van der Waals surface area contributed by atoms with Gasteiger partial charge in [-0.15, -0.1) is 0 Å². The van der Waals surface area contributed by atoms with E-state index >= 15 is 0 Å². The number of benzene rings is 2. The maximum atomic E-state index is 13.5. The van der Waals surface area contributed by atoms with Gasteiger partial charge in [-0.3, -0.25) is 4.98 Å². The fourth-order valence-electron chi connectivity index (χ4n) is 5.92. The molecule has 0 bridgehead atoms. The number of pyridine rings is 1. The van der Waals surface area contributed by atoms with Crippen molar-refractivity contribution in [1.82, 2.24) is 4.98 Å². The van der Waals surface area contributed by atoms with Gasteiger partial charge in [-0.1, -0.05) is 27.7 Å². The average Bonchev–Trinajstić information content (AvgIpc) is 3.31. The van der Waals surface area contributed by atoms with Crippen molar-refractivity contribution in [1.29, 1.82) is 0 Å². The largest absolute Gasteiger partial charge is 0.493 e. The average molecular weight is 602 g/mol. The number of hydrogen-bond donors (Lipinski definition) is 0. The van der Waals surface area contributed by atoms with E-state index in [9.17, 15) is 4.79 Å². The fourth-order valence-corrected chi connectivity index (χ4v) is 5.92. The van der Waals surface area contributed by atoms with Crippen molar-refractivity contribution in [2.24, 2.45) is 11.8 Å². The van der Waals surface area contributed by atoms with Crippen LogP contribution in [0, 0.1) is 11.8 Å². The van der Waals surface area contributed by atoms with E-state index in [2.05, 4.69) is 75.6 Å². The molecule has 1 aliphatic rings. The van der Waals surface area contributed by atoms with Crippen molar-refractivity contribution >= 4 is 17.3 Å². The molecule has 0 spiro atoms. The molecule has 238 valence electrons. The summed E-state index contributed by atoms with van der Waals surface area (Å²) in [6.07, 6.45) is 3.90. The third-order valence-electron chi connectivity index (χ3n) is 8.34. The Balaban J connectivity index is 1.94. The molecule has 0 saturated carbocycles. The van der Waals surface area contributed by atoms with Crippen LogP contribution in [0.15, 0.2) is 54.7 Å². The molecule has 0 atom stereocenters. The van der Waals surface area contributed by atoms with E-state index in [0.29, 0.717) is 47.8 Å². The van der Waals surface area contributed by atoms with E-state index in [4.69, 9.17) is 19.2 Å². The molecule has 0 radical (unpaired) electrons. The van der Waals surface area contributed by atoms with Crippen LogP contribution in [0.1, 0.15) is 95.4 Å². The summed E-state index contributed by atoms with van der Waals surface area (Å²) in [5.74, 6) is 2.13. The Morgan fingerprint density at radius 2 is 1.27 bits per heavy atom. The predicted octanol–water partition coefficient (Wildman–Crippen LogP) is 8.09. The number of esters is 1. The van der Waals surface area contributed by atoms with Crippen molar-refractivity contribution in [3.8, 4) is 11.5 Å². The zero-order chi connectivity index (χ0) is 31.9. The van der Waals surface area contributed by atoms with Gasteiger partial charge in [-0.25, -0.2) is 4.79 Å². The topological polar surface area (TPSA) is 64.1 Å². The van der Waals surface area contributed by atoms with Crippen LogP contribution in [0.25, 0.3) is 0 Å². The van der Waals surface area contributed by atoms with E-state index in [-0.39, 0.29) is 0 Å². The van der Waals surface area contributed by atoms with Crippen molar-refractivity contribution in [3.63, 3.8) is 0 Å². The normalized spacial score (nSPS) is 13.6. The van der Waals surface area contributed by atoms with Gasteiger partial charge in [0, 0.05) is 67.0 Å². The van der Waals surface area contributed by atoms with Crippen molar-refractivity contribution < 1.29 is 19.0 Å². The summed E-state index contributed by atoms with van der Waals surface area (Å²) in [4.78, 5) is 23.1. The van der Waals surface area contributed by atoms with Crippen LogP contribution in [-0.2, 0) is 10.3 Å². The standard InChI is InChI=1S/C37H51N3O4/c1-9-39(22-19-26(5)6)28-15-17-31(33(24-28)42-11-3)37(35-30(36(41)44-37)14-13-21-38-35)32-18-16-29(25-34(32)43-12-4)40(10-2)23-20-27(7)8/h13-18,21,24-27H,9-12,19-20,22-23H2,1-8H3. The molecule has 0 aliphatic carbocycles. The quantitative estimate of drug-likeness (QED) is 0.154. The van der Waals surface area contributed by atoms with Crippen LogP contribution < -0.4 is 19.3 Å². The highest BCUT2D eigenvalue weighted by atomic mass is 16.6. The molecule has 0 saturated heterocycles. The summed E-state index contributed by atoms with van der Waals surface area (Å²) in [7, 11) is 0. The van der Waals surface area contributed by atoms with Crippen molar-refractivity contribution in [2.75, 3.05) is 49.2 Å². The molecular weight excluding hydrogens is 550 g/mol. The first-order chi connectivity index (χ1) is 21.2. The van der Waals surface area contributed by atoms with Gasteiger partial charge in [-0.05, 0) is 88.8 Å². The van der Waals surface area contributed by atoms with E-state index in [0.717, 1.165) is 61.5 Å². The SMILES string of the molecule is CCOc1cc(N(CC)CCC(C)C)ccc1C1(c2ccc(N(CC)CCC(C)C)cc2OCC)OC(=O)c2cccnc21. The number of nitrogens with zero attached hydrogens (tertiary/aromatic N) is 3. The molecule has 0 fully saturated rings. The van der Waals surface area contributed by atoms with Gasteiger partial charge in [0.15, 0.2) is 0 Å². The lowest BCUT2D eigenvalue weighted by Gasteiger charge is -2.34. The van der Waals surface area contributed by atoms with Gasteiger partial charge in [0.2, 0.25) is 5.60 Å². The second kappa shape index (κ2) is 14.8.